The van der Waals surface area contributed by atoms with E-state index < -0.39 is 38.2 Å². The molecule has 2 aromatic carbocycles. The molecule has 0 heterocycles. The van der Waals surface area contributed by atoms with Gasteiger partial charge in [-0.15, -0.1) is 0 Å². The lowest BCUT2D eigenvalue weighted by Crippen LogP contribution is -2.14. The van der Waals surface area contributed by atoms with Crippen LogP contribution < -0.4 is 4.72 Å². The molecule has 0 bridgehead atoms. The van der Waals surface area contributed by atoms with Gasteiger partial charge >= 0.3 is 11.9 Å². The van der Waals surface area contributed by atoms with Gasteiger partial charge in [0.2, 0.25) is 0 Å². The molecule has 7 nitrogen and oxygen atoms in total. The van der Waals surface area contributed by atoms with E-state index in [1.54, 1.807) is 0 Å². The Morgan fingerprint density at radius 3 is 2.09 bits per heavy atom. The number of hydrogen-bond donors (Lipinski definition) is 3. The summed E-state index contributed by atoms with van der Waals surface area (Å²) in [5, 5.41) is 17.6. The molecule has 0 fully saturated rings. The van der Waals surface area contributed by atoms with E-state index in [4.69, 9.17) is 10.2 Å². The van der Waals surface area contributed by atoms with E-state index in [1.165, 1.54) is 24.3 Å². The summed E-state index contributed by atoms with van der Waals surface area (Å²) in [6, 6.07) is 7.25. The Balaban J connectivity index is 2.33. The van der Waals surface area contributed by atoms with E-state index in [0.29, 0.717) is 6.07 Å². The van der Waals surface area contributed by atoms with Gasteiger partial charge < -0.3 is 10.2 Å². The Kier molecular flexibility index (Phi) is 4.32. The summed E-state index contributed by atoms with van der Waals surface area (Å²) in [4.78, 5) is 21.1. The lowest BCUT2D eigenvalue weighted by Gasteiger charge is -2.09. The van der Waals surface area contributed by atoms with Crippen molar-refractivity contribution in [2.24, 2.45) is 0 Å². The standard InChI is InChI=1S/C14H10FNO6S/c15-12-6-5-10(7-11(12)14(19)20)23(21,22)16-9-3-1-8(2-4-9)13(17)18/h1-7,16H,(H,17,18)(H,19,20). The van der Waals surface area contributed by atoms with Crippen molar-refractivity contribution in [3.63, 3.8) is 0 Å². The Morgan fingerprint density at radius 1 is 0.957 bits per heavy atom. The van der Waals surface area contributed by atoms with Crippen molar-refractivity contribution in [3.05, 3.63) is 59.4 Å². The first-order chi connectivity index (χ1) is 10.7. The highest BCUT2D eigenvalue weighted by Gasteiger charge is 2.19. The first kappa shape index (κ1) is 16.4. The average Bonchev–Trinajstić information content (AvgIpc) is 2.47. The molecular formula is C14H10FNO6S. The van der Waals surface area contributed by atoms with Crippen molar-refractivity contribution in [2.75, 3.05) is 4.72 Å². The highest BCUT2D eigenvalue weighted by atomic mass is 32.2. The second kappa shape index (κ2) is 6.05. The Labute approximate surface area is 130 Å². The number of anilines is 1. The minimum absolute atomic E-state index is 0.0251. The molecule has 0 aromatic heterocycles. The molecule has 23 heavy (non-hydrogen) atoms. The van der Waals surface area contributed by atoms with Crippen LogP contribution in [0.15, 0.2) is 47.4 Å². The van der Waals surface area contributed by atoms with Gasteiger partial charge in [-0.1, -0.05) is 0 Å². The van der Waals surface area contributed by atoms with Crippen LogP contribution in [0, 0.1) is 5.82 Å². The summed E-state index contributed by atoms with van der Waals surface area (Å²) in [6.07, 6.45) is 0. The molecule has 0 spiro atoms. The number of rotatable bonds is 5. The SMILES string of the molecule is O=C(O)c1ccc(NS(=O)(=O)c2ccc(F)c(C(=O)O)c2)cc1. The van der Waals surface area contributed by atoms with Gasteiger partial charge in [0.15, 0.2) is 0 Å². The number of carboxylic acids is 2. The van der Waals surface area contributed by atoms with Crippen LogP contribution in [-0.4, -0.2) is 30.6 Å². The molecule has 9 heteroatoms. The van der Waals surface area contributed by atoms with Crippen molar-refractivity contribution >= 4 is 27.6 Å². The first-order valence-corrected chi connectivity index (χ1v) is 7.58. The van der Waals surface area contributed by atoms with Gasteiger partial charge in [-0.05, 0) is 42.5 Å². The third-order valence-corrected chi connectivity index (χ3v) is 4.24. The summed E-state index contributed by atoms with van der Waals surface area (Å²) < 4.78 is 39.8. The van der Waals surface area contributed by atoms with Crippen LogP contribution in [-0.2, 0) is 10.0 Å². The maximum absolute atomic E-state index is 13.3. The fourth-order valence-electron chi connectivity index (χ4n) is 1.73. The van der Waals surface area contributed by atoms with Gasteiger partial charge in [-0.3, -0.25) is 4.72 Å². The monoisotopic (exact) mass is 339 g/mol. The second-order valence-corrected chi connectivity index (χ2v) is 6.12. The minimum Gasteiger partial charge on any atom is -0.478 e. The molecule has 0 atom stereocenters. The van der Waals surface area contributed by atoms with Crippen LogP contribution in [0.2, 0.25) is 0 Å². The van der Waals surface area contributed by atoms with E-state index in [2.05, 4.69) is 4.72 Å². The highest BCUT2D eigenvalue weighted by Crippen LogP contribution is 2.19. The summed E-state index contributed by atoms with van der Waals surface area (Å²) in [7, 11) is -4.15. The van der Waals surface area contributed by atoms with Crippen molar-refractivity contribution in [1.82, 2.24) is 0 Å². The normalized spacial score (nSPS) is 11.0. The summed E-state index contributed by atoms with van der Waals surface area (Å²) >= 11 is 0. The summed E-state index contributed by atoms with van der Waals surface area (Å²) in [5.41, 5.74) is -0.715. The number of sulfonamides is 1. The number of benzene rings is 2. The number of aromatic carboxylic acids is 2. The lowest BCUT2D eigenvalue weighted by molar-refractivity contribution is 0.0683. The molecule has 0 radical (unpaired) electrons. The summed E-state index contributed by atoms with van der Waals surface area (Å²) in [5.74, 6) is -3.81. The van der Waals surface area contributed by atoms with Crippen LogP contribution in [0.5, 0.6) is 0 Å². The molecule has 0 saturated carbocycles. The van der Waals surface area contributed by atoms with Gasteiger partial charge in [0.25, 0.3) is 10.0 Å². The summed E-state index contributed by atoms with van der Waals surface area (Å²) in [6.45, 7) is 0. The molecule has 2 rings (SSSR count). The quantitative estimate of drug-likeness (QED) is 0.766. The zero-order chi connectivity index (χ0) is 17.2. The predicted octanol–water partition coefficient (Wildman–Crippen LogP) is 2.02. The largest absolute Gasteiger partial charge is 0.478 e. The maximum Gasteiger partial charge on any atom is 0.338 e. The Hall–Kier alpha value is -2.94. The molecule has 0 saturated heterocycles. The van der Waals surface area contributed by atoms with E-state index >= 15 is 0 Å². The number of carboxylic acid groups (broad SMARTS) is 2. The Morgan fingerprint density at radius 2 is 1.57 bits per heavy atom. The second-order valence-electron chi connectivity index (χ2n) is 4.43. The zero-order valence-electron chi connectivity index (χ0n) is 11.4. The number of hydrogen-bond acceptors (Lipinski definition) is 4. The van der Waals surface area contributed by atoms with Gasteiger partial charge in [-0.2, -0.15) is 0 Å². The van der Waals surface area contributed by atoms with Crippen molar-refractivity contribution in [1.29, 1.82) is 0 Å². The average molecular weight is 339 g/mol. The smallest absolute Gasteiger partial charge is 0.338 e. The van der Waals surface area contributed by atoms with Crippen LogP contribution in [0.4, 0.5) is 10.1 Å². The van der Waals surface area contributed by atoms with Crippen LogP contribution in [0.25, 0.3) is 0 Å². The van der Waals surface area contributed by atoms with Crippen molar-refractivity contribution in [3.8, 4) is 0 Å². The molecule has 120 valence electrons. The Bertz CT molecular complexity index is 877. The molecule has 3 N–H and O–H groups in total. The molecule has 0 amide bonds. The fourth-order valence-corrected chi connectivity index (χ4v) is 2.81. The predicted molar refractivity (Wildman–Crippen MR) is 77.6 cm³/mol. The molecule has 0 aliphatic heterocycles. The van der Waals surface area contributed by atoms with Gasteiger partial charge in [0.1, 0.15) is 5.82 Å². The van der Waals surface area contributed by atoms with Crippen LogP contribution in [0.3, 0.4) is 0 Å². The minimum atomic E-state index is -4.15. The van der Waals surface area contributed by atoms with Crippen LogP contribution >= 0.6 is 0 Å². The van der Waals surface area contributed by atoms with Gasteiger partial charge in [-0.25, -0.2) is 22.4 Å². The topological polar surface area (TPSA) is 121 Å². The number of carbonyl (C=O) groups is 2. The van der Waals surface area contributed by atoms with Crippen molar-refractivity contribution in [2.45, 2.75) is 4.90 Å². The van der Waals surface area contributed by atoms with Gasteiger partial charge in [0, 0.05) is 5.69 Å². The zero-order valence-corrected chi connectivity index (χ0v) is 12.2. The molecule has 2 aromatic rings. The van der Waals surface area contributed by atoms with Crippen LogP contribution in [0.1, 0.15) is 20.7 Å². The van der Waals surface area contributed by atoms with E-state index in [-0.39, 0.29) is 11.3 Å². The third kappa shape index (κ3) is 3.64. The molecule has 0 unspecified atom stereocenters. The van der Waals surface area contributed by atoms with Gasteiger partial charge in [0.05, 0.1) is 16.0 Å². The highest BCUT2D eigenvalue weighted by molar-refractivity contribution is 7.92. The molecular weight excluding hydrogens is 329 g/mol. The van der Waals surface area contributed by atoms with E-state index in [1.807, 2.05) is 0 Å². The van der Waals surface area contributed by atoms with E-state index in [0.717, 1.165) is 12.1 Å². The molecule has 0 aliphatic rings. The third-order valence-electron chi connectivity index (χ3n) is 2.86. The van der Waals surface area contributed by atoms with Crippen molar-refractivity contribution < 1.29 is 32.6 Å². The first-order valence-electron chi connectivity index (χ1n) is 6.10. The number of halogens is 1. The molecule has 0 aliphatic carbocycles. The fraction of sp³-hybridized carbons (Fsp3) is 0. The number of nitrogens with one attached hydrogen (secondary N) is 1. The lowest BCUT2D eigenvalue weighted by atomic mass is 10.2. The maximum atomic E-state index is 13.3. The van der Waals surface area contributed by atoms with E-state index in [9.17, 15) is 22.4 Å².